The van der Waals surface area contributed by atoms with E-state index >= 15 is 0 Å². The molecule has 3 rings (SSSR count). The fraction of sp³-hybridized carbons (Fsp3) is 0.267. The fourth-order valence-corrected chi connectivity index (χ4v) is 3.08. The first kappa shape index (κ1) is 12.2. The summed E-state index contributed by atoms with van der Waals surface area (Å²) in [5.41, 5.74) is 2.42. The van der Waals surface area contributed by atoms with Crippen LogP contribution in [0.5, 0.6) is 0 Å². The SMILES string of the molecule is O=C(CC1CNc2ccccc21)NCc1cccs1. The van der Waals surface area contributed by atoms with E-state index in [4.69, 9.17) is 0 Å². The number of benzene rings is 1. The van der Waals surface area contributed by atoms with Gasteiger partial charge < -0.3 is 10.6 Å². The maximum absolute atomic E-state index is 12.0. The molecular formula is C15H16N2OS. The first-order valence-corrected chi connectivity index (χ1v) is 7.33. The third kappa shape index (κ3) is 2.79. The second-order valence-corrected chi connectivity index (χ2v) is 5.76. The summed E-state index contributed by atoms with van der Waals surface area (Å²) >= 11 is 1.67. The lowest BCUT2D eigenvalue weighted by molar-refractivity contribution is -0.121. The van der Waals surface area contributed by atoms with Gasteiger partial charge in [-0.05, 0) is 23.1 Å². The molecule has 19 heavy (non-hydrogen) atoms. The van der Waals surface area contributed by atoms with E-state index in [1.165, 1.54) is 16.1 Å². The molecule has 0 radical (unpaired) electrons. The summed E-state index contributed by atoms with van der Waals surface area (Å²) < 4.78 is 0. The quantitative estimate of drug-likeness (QED) is 0.898. The van der Waals surface area contributed by atoms with Crippen molar-refractivity contribution in [2.45, 2.75) is 18.9 Å². The molecule has 3 nitrogen and oxygen atoms in total. The number of hydrogen-bond acceptors (Lipinski definition) is 3. The highest BCUT2D eigenvalue weighted by Gasteiger charge is 2.23. The molecule has 1 aliphatic rings. The van der Waals surface area contributed by atoms with Crippen LogP contribution in [0.15, 0.2) is 41.8 Å². The Hall–Kier alpha value is -1.81. The van der Waals surface area contributed by atoms with Crippen LogP contribution >= 0.6 is 11.3 Å². The summed E-state index contributed by atoms with van der Waals surface area (Å²) in [4.78, 5) is 13.2. The Morgan fingerprint density at radius 2 is 2.21 bits per heavy atom. The van der Waals surface area contributed by atoms with Crippen LogP contribution in [0.3, 0.4) is 0 Å². The van der Waals surface area contributed by atoms with Gasteiger partial charge in [0.1, 0.15) is 0 Å². The highest BCUT2D eigenvalue weighted by molar-refractivity contribution is 7.09. The summed E-state index contributed by atoms with van der Waals surface area (Å²) in [6, 6.07) is 12.3. The van der Waals surface area contributed by atoms with E-state index in [2.05, 4.69) is 22.8 Å². The van der Waals surface area contributed by atoms with Crippen LogP contribution in [0.4, 0.5) is 5.69 Å². The minimum atomic E-state index is 0.122. The number of carbonyl (C=O) groups excluding carboxylic acids is 1. The number of carbonyl (C=O) groups is 1. The number of hydrogen-bond donors (Lipinski definition) is 2. The van der Waals surface area contributed by atoms with Gasteiger partial charge in [-0.1, -0.05) is 24.3 Å². The van der Waals surface area contributed by atoms with Crippen molar-refractivity contribution in [3.05, 3.63) is 52.2 Å². The van der Waals surface area contributed by atoms with E-state index in [1.54, 1.807) is 11.3 Å². The zero-order valence-corrected chi connectivity index (χ0v) is 11.4. The minimum absolute atomic E-state index is 0.122. The molecular weight excluding hydrogens is 256 g/mol. The Labute approximate surface area is 116 Å². The van der Waals surface area contributed by atoms with Crippen LogP contribution in [0.1, 0.15) is 22.8 Å². The first-order valence-electron chi connectivity index (χ1n) is 6.45. The molecule has 2 aromatic rings. The van der Waals surface area contributed by atoms with Crippen LogP contribution in [0.25, 0.3) is 0 Å². The molecule has 98 valence electrons. The van der Waals surface area contributed by atoms with E-state index in [1.807, 2.05) is 29.6 Å². The summed E-state index contributed by atoms with van der Waals surface area (Å²) in [7, 11) is 0. The molecule has 2 heterocycles. The Balaban J connectivity index is 1.56. The number of amides is 1. The molecule has 1 amide bonds. The molecule has 1 atom stereocenters. The van der Waals surface area contributed by atoms with E-state index in [-0.39, 0.29) is 5.91 Å². The summed E-state index contributed by atoms with van der Waals surface area (Å²) in [5, 5.41) is 8.36. The van der Waals surface area contributed by atoms with Gasteiger partial charge in [0.05, 0.1) is 6.54 Å². The predicted molar refractivity (Wildman–Crippen MR) is 78.5 cm³/mol. The summed E-state index contributed by atoms with van der Waals surface area (Å²) in [5.74, 6) is 0.413. The Morgan fingerprint density at radius 1 is 1.32 bits per heavy atom. The van der Waals surface area contributed by atoms with Crippen LogP contribution in [-0.2, 0) is 11.3 Å². The molecule has 4 heteroatoms. The van der Waals surface area contributed by atoms with Crippen LogP contribution in [-0.4, -0.2) is 12.5 Å². The number of nitrogens with one attached hydrogen (secondary N) is 2. The molecule has 0 aliphatic carbocycles. The normalized spacial score (nSPS) is 16.7. The summed E-state index contributed by atoms with van der Waals surface area (Å²) in [6.07, 6.45) is 0.551. The second kappa shape index (κ2) is 5.45. The first-order chi connectivity index (χ1) is 9.33. The summed E-state index contributed by atoms with van der Waals surface area (Å²) in [6.45, 7) is 1.49. The van der Waals surface area contributed by atoms with Gasteiger partial charge in [0.2, 0.25) is 5.91 Å². The molecule has 0 spiro atoms. The number of rotatable bonds is 4. The minimum Gasteiger partial charge on any atom is -0.384 e. The lowest BCUT2D eigenvalue weighted by Gasteiger charge is -2.10. The Kier molecular flexibility index (Phi) is 3.51. The monoisotopic (exact) mass is 272 g/mol. The average molecular weight is 272 g/mol. The van der Waals surface area contributed by atoms with Gasteiger partial charge in [0.15, 0.2) is 0 Å². The second-order valence-electron chi connectivity index (χ2n) is 4.73. The lowest BCUT2D eigenvalue weighted by atomic mass is 9.97. The van der Waals surface area contributed by atoms with Gasteiger partial charge in [-0.25, -0.2) is 0 Å². The maximum Gasteiger partial charge on any atom is 0.220 e. The number of anilines is 1. The zero-order chi connectivity index (χ0) is 13.1. The van der Waals surface area contributed by atoms with Gasteiger partial charge in [-0.2, -0.15) is 0 Å². The van der Waals surface area contributed by atoms with Gasteiger partial charge in [0.25, 0.3) is 0 Å². The molecule has 0 fully saturated rings. The average Bonchev–Trinajstić information content (AvgIpc) is 3.07. The van der Waals surface area contributed by atoms with Gasteiger partial charge in [0, 0.05) is 29.4 Å². The molecule has 0 saturated heterocycles. The fourth-order valence-electron chi connectivity index (χ4n) is 2.43. The zero-order valence-electron chi connectivity index (χ0n) is 10.6. The van der Waals surface area contributed by atoms with Crippen molar-refractivity contribution >= 4 is 22.9 Å². The van der Waals surface area contributed by atoms with Crippen molar-refractivity contribution in [1.82, 2.24) is 5.32 Å². The van der Waals surface area contributed by atoms with E-state index in [0.717, 1.165) is 6.54 Å². The molecule has 1 aromatic heterocycles. The van der Waals surface area contributed by atoms with Gasteiger partial charge in [-0.3, -0.25) is 4.79 Å². The largest absolute Gasteiger partial charge is 0.384 e. The molecule has 1 aromatic carbocycles. The van der Waals surface area contributed by atoms with Crippen LogP contribution < -0.4 is 10.6 Å². The van der Waals surface area contributed by atoms with Crippen molar-refractivity contribution < 1.29 is 4.79 Å². The third-order valence-electron chi connectivity index (χ3n) is 3.41. The predicted octanol–water partition coefficient (Wildman–Crippen LogP) is 2.96. The van der Waals surface area contributed by atoms with Crippen molar-refractivity contribution in [1.29, 1.82) is 0 Å². The van der Waals surface area contributed by atoms with Crippen molar-refractivity contribution in [3.63, 3.8) is 0 Å². The smallest absolute Gasteiger partial charge is 0.220 e. The maximum atomic E-state index is 12.0. The van der Waals surface area contributed by atoms with E-state index in [0.29, 0.717) is 18.9 Å². The van der Waals surface area contributed by atoms with E-state index in [9.17, 15) is 4.79 Å². The molecule has 0 saturated carbocycles. The van der Waals surface area contributed by atoms with Crippen molar-refractivity contribution in [3.8, 4) is 0 Å². The number of para-hydroxylation sites is 1. The third-order valence-corrected chi connectivity index (χ3v) is 4.29. The Morgan fingerprint density at radius 3 is 3.05 bits per heavy atom. The van der Waals surface area contributed by atoms with E-state index < -0.39 is 0 Å². The number of thiophene rings is 1. The molecule has 2 N–H and O–H groups in total. The molecule has 1 aliphatic heterocycles. The van der Waals surface area contributed by atoms with Crippen LogP contribution in [0, 0.1) is 0 Å². The van der Waals surface area contributed by atoms with Crippen molar-refractivity contribution in [2.24, 2.45) is 0 Å². The number of fused-ring (bicyclic) bond motifs is 1. The standard InChI is InChI=1S/C15H16N2OS/c18-15(17-10-12-4-3-7-19-12)8-11-9-16-14-6-2-1-5-13(11)14/h1-7,11,16H,8-10H2,(H,17,18). The van der Waals surface area contributed by atoms with Gasteiger partial charge >= 0.3 is 0 Å². The topological polar surface area (TPSA) is 41.1 Å². The highest BCUT2D eigenvalue weighted by Crippen LogP contribution is 2.32. The lowest BCUT2D eigenvalue weighted by Crippen LogP contribution is -2.24. The van der Waals surface area contributed by atoms with Crippen molar-refractivity contribution in [2.75, 3.05) is 11.9 Å². The Bertz CT molecular complexity index is 565. The van der Waals surface area contributed by atoms with Crippen LogP contribution in [0.2, 0.25) is 0 Å². The van der Waals surface area contributed by atoms with Gasteiger partial charge in [-0.15, -0.1) is 11.3 Å². The molecule has 1 unspecified atom stereocenters. The highest BCUT2D eigenvalue weighted by atomic mass is 32.1. The molecule has 0 bridgehead atoms.